The van der Waals surface area contributed by atoms with Gasteiger partial charge in [0.2, 0.25) is 0 Å². The molecule has 32 heavy (non-hydrogen) atoms. The van der Waals surface area contributed by atoms with E-state index in [4.69, 9.17) is 9.47 Å². The van der Waals surface area contributed by atoms with Crippen molar-refractivity contribution >= 4 is 34.1 Å². The van der Waals surface area contributed by atoms with Crippen LogP contribution in [0.4, 0.5) is 4.39 Å². The van der Waals surface area contributed by atoms with Gasteiger partial charge in [0, 0.05) is 0 Å². The van der Waals surface area contributed by atoms with Gasteiger partial charge in [-0.15, -0.1) is 0 Å². The van der Waals surface area contributed by atoms with Crippen LogP contribution in [0.2, 0.25) is 0 Å². The van der Waals surface area contributed by atoms with Crippen molar-refractivity contribution in [2.45, 2.75) is 44.8 Å². The molecule has 0 radical (unpaired) electrons. The summed E-state index contributed by atoms with van der Waals surface area (Å²) in [4.78, 5) is 28.8. The van der Waals surface area contributed by atoms with Crippen LogP contribution in [0.3, 0.4) is 0 Å². The first-order chi connectivity index (χ1) is 15.1. The quantitative estimate of drug-likeness (QED) is 0.206. The van der Waals surface area contributed by atoms with Gasteiger partial charge in [-0.1, -0.05) is 55.5 Å². The lowest BCUT2D eigenvalue weighted by Gasteiger charge is -2.24. The highest BCUT2D eigenvalue weighted by atomic mass is 79.9. The number of rotatable bonds is 9. The Kier molecular flexibility index (Phi) is 9.38. The van der Waals surface area contributed by atoms with Crippen molar-refractivity contribution in [1.29, 1.82) is 0 Å². The zero-order chi connectivity index (χ0) is 23.8. The summed E-state index contributed by atoms with van der Waals surface area (Å²) < 4.78 is 25.6. The molecule has 0 aromatic heterocycles. The van der Waals surface area contributed by atoms with Gasteiger partial charge in [0.15, 0.2) is 12.3 Å². The Morgan fingerprint density at radius 2 is 1.41 bits per heavy atom. The number of aryl methyl sites for hydroxylation is 4. The van der Waals surface area contributed by atoms with Crippen LogP contribution in [0.1, 0.15) is 43.0 Å². The maximum absolute atomic E-state index is 14.8. The molecule has 0 bridgehead atoms. The summed E-state index contributed by atoms with van der Waals surface area (Å²) in [5.41, 5.74) is 4.30. The largest absolute Gasteiger partial charge is 0.461 e. The first-order valence-electron chi connectivity index (χ1n) is 10.00. The second-order valence-electron chi connectivity index (χ2n) is 7.62. The molecule has 0 heterocycles. The van der Waals surface area contributed by atoms with Gasteiger partial charge in [-0.25, -0.2) is 14.0 Å². The number of alkyl halides is 2. The number of hydrogen-bond donors (Lipinski definition) is 0. The van der Waals surface area contributed by atoms with Crippen molar-refractivity contribution in [2.24, 2.45) is 5.16 Å². The van der Waals surface area contributed by atoms with Crippen LogP contribution in [0, 0.1) is 27.7 Å². The molecule has 0 saturated heterocycles. The van der Waals surface area contributed by atoms with E-state index in [9.17, 15) is 14.0 Å². The molecule has 8 heteroatoms. The van der Waals surface area contributed by atoms with E-state index in [1.165, 1.54) is 7.11 Å². The van der Waals surface area contributed by atoms with E-state index in [0.29, 0.717) is 11.1 Å². The maximum Gasteiger partial charge on any atom is 0.338 e. The first-order valence-corrected chi connectivity index (χ1v) is 10.9. The van der Waals surface area contributed by atoms with Crippen LogP contribution in [0.25, 0.3) is 0 Å². The third-order valence-electron chi connectivity index (χ3n) is 4.51. The Hall–Kier alpha value is -2.74. The monoisotopic (exact) mass is 507 g/mol. The summed E-state index contributed by atoms with van der Waals surface area (Å²) in [6.07, 6.45) is -2.22. The molecule has 0 aliphatic carbocycles. The van der Waals surface area contributed by atoms with Crippen molar-refractivity contribution in [1.82, 2.24) is 0 Å². The molecule has 0 N–H and O–H groups in total. The molecular formula is C24H27BrFNO5. The van der Waals surface area contributed by atoms with Gasteiger partial charge in [0.05, 0.1) is 22.2 Å². The third kappa shape index (κ3) is 7.44. The Morgan fingerprint density at radius 1 is 0.938 bits per heavy atom. The lowest BCUT2D eigenvalue weighted by atomic mass is 10.1. The van der Waals surface area contributed by atoms with Crippen LogP contribution in [-0.4, -0.2) is 49.0 Å². The zero-order valence-electron chi connectivity index (χ0n) is 18.7. The number of nitrogens with zero attached hydrogens (tertiary/aromatic N) is 1. The molecular weight excluding hydrogens is 481 g/mol. The second-order valence-corrected chi connectivity index (χ2v) is 8.79. The molecule has 0 fully saturated rings. The molecule has 3 unspecified atom stereocenters. The van der Waals surface area contributed by atoms with E-state index in [2.05, 4.69) is 25.9 Å². The molecule has 2 rings (SSSR count). The number of carbonyl (C=O) groups is 2. The molecule has 3 atom stereocenters. The fourth-order valence-electron chi connectivity index (χ4n) is 3.25. The van der Waals surface area contributed by atoms with E-state index in [1.54, 1.807) is 24.3 Å². The highest BCUT2D eigenvalue weighted by Crippen LogP contribution is 2.20. The molecule has 0 amide bonds. The van der Waals surface area contributed by atoms with E-state index in [-0.39, 0.29) is 6.61 Å². The Morgan fingerprint density at radius 3 is 1.88 bits per heavy atom. The van der Waals surface area contributed by atoms with Crippen molar-refractivity contribution in [3.63, 3.8) is 0 Å². The predicted octanol–water partition coefficient (Wildman–Crippen LogP) is 5.04. The maximum atomic E-state index is 14.8. The lowest BCUT2D eigenvalue weighted by Crippen LogP contribution is -2.39. The molecule has 6 nitrogen and oxygen atoms in total. The van der Waals surface area contributed by atoms with E-state index >= 15 is 0 Å². The normalized spacial score (nSPS) is 14.0. The standard InChI is InChI=1S/C24H27BrFNO5/c1-14-6-15(2)9-18(8-14)23(28)31-13-20(25)22(21(26)12-27-30-5)32-24(29)19-10-16(3)7-17(4)11-19/h6-12,20-22H,13H2,1-5H3/b27-12+. The molecule has 0 saturated carbocycles. The average Bonchev–Trinajstić information content (AvgIpc) is 2.72. The zero-order valence-corrected chi connectivity index (χ0v) is 20.3. The number of benzene rings is 2. The molecule has 0 aliphatic rings. The van der Waals surface area contributed by atoms with Gasteiger partial charge in [-0.2, -0.15) is 0 Å². The van der Waals surface area contributed by atoms with Gasteiger partial charge < -0.3 is 14.3 Å². The number of esters is 2. The first kappa shape index (κ1) is 25.5. The summed E-state index contributed by atoms with van der Waals surface area (Å²) in [5, 5.41) is 3.43. The summed E-state index contributed by atoms with van der Waals surface area (Å²) >= 11 is 3.30. The molecule has 0 aliphatic heterocycles. The van der Waals surface area contributed by atoms with Gasteiger partial charge >= 0.3 is 11.9 Å². The number of halogens is 2. The van der Waals surface area contributed by atoms with Crippen LogP contribution >= 0.6 is 15.9 Å². The van der Waals surface area contributed by atoms with Gasteiger partial charge in [0.1, 0.15) is 13.7 Å². The Balaban J connectivity index is 2.15. The molecule has 172 valence electrons. The summed E-state index contributed by atoms with van der Waals surface area (Å²) in [5.74, 6) is -1.25. The van der Waals surface area contributed by atoms with Gasteiger partial charge in [-0.3, -0.25) is 0 Å². The SMILES string of the molecule is CO/N=C/C(F)C(OC(=O)c1cc(C)cc(C)c1)C(Br)COC(=O)c1cc(C)cc(C)c1. The van der Waals surface area contributed by atoms with Crippen molar-refractivity contribution in [2.75, 3.05) is 13.7 Å². The van der Waals surface area contributed by atoms with Crippen LogP contribution < -0.4 is 0 Å². The number of ether oxygens (including phenoxy) is 2. The molecule has 0 spiro atoms. The Bertz CT molecular complexity index is 954. The van der Waals surface area contributed by atoms with Crippen LogP contribution in [0.15, 0.2) is 41.6 Å². The van der Waals surface area contributed by atoms with Gasteiger partial charge in [0.25, 0.3) is 0 Å². The summed E-state index contributed by atoms with van der Waals surface area (Å²) in [7, 11) is 1.27. The third-order valence-corrected chi connectivity index (χ3v) is 5.30. The lowest BCUT2D eigenvalue weighted by molar-refractivity contribution is 0.00843. The number of oxime groups is 1. The average molecular weight is 508 g/mol. The van der Waals surface area contributed by atoms with E-state index < -0.39 is 29.0 Å². The van der Waals surface area contributed by atoms with Crippen LogP contribution in [0.5, 0.6) is 0 Å². The topological polar surface area (TPSA) is 74.2 Å². The fraction of sp³-hybridized carbons (Fsp3) is 0.375. The minimum atomic E-state index is -1.80. The summed E-state index contributed by atoms with van der Waals surface area (Å²) in [6.45, 7) is 7.23. The van der Waals surface area contributed by atoms with Gasteiger partial charge in [-0.05, 0) is 52.0 Å². The minimum absolute atomic E-state index is 0.224. The van der Waals surface area contributed by atoms with Crippen molar-refractivity contribution in [3.8, 4) is 0 Å². The highest BCUT2D eigenvalue weighted by molar-refractivity contribution is 9.09. The van der Waals surface area contributed by atoms with Crippen LogP contribution in [-0.2, 0) is 14.3 Å². The smallest absolute Gasteiger partial charge is 0.338 e. The van der Waals surface area contributed by atoms with E-state index in [0.717, 1.165) is 28.5 Å². The second kappa shape index (κ2) is 11.8. The summed E-state index contributed by atoms with van der Waals surface area (Å²) in [6, 6.07) is 10.6. The Labute approximate surface area is 195 Å². The van der Waals surface area contributed by atoms with Crippen molar-refractivity contribution < 1.29 is 28.3 Å². The van der Waals surface area contributed by atoms with Crippen molar-refractivity contribution in [3.05, 3.63) is 69.8 Å². The molecule has 2 aromatic carbocycles. The minimum Gasteiger partial charge on any atom is -0.461 e. The highest BCUT2D eigenvalue weighted by Gasteiger charge is 2.33. The van der Waals surface area contributed by atoms with E-state index in [1.807, 2.05) is 39.8 Å². The fourth-order valence-corrected chi connectivity index (χ4v) is 3.78. The number of hydrogen-bond acceptors (Lipinski definition) is 6. The molecule has 2 aromatic rings. The number of carbonyl (C=O) groups excluding carboxylic acids is 2. The predicted molar refractivity (Wildman–Crippen MR) is 124 cm³/mol.